The Morgan fingerprint density at radius 2 is 2.12 bits per heavy atom. The van der Waals surface area contributed by atoms with Crippen molar-refractivity contribution in [3.8, 4) is 5.75 Å². The summed E-state index contributed by atoms with van der Waals surface area (Å²) in [7, 11) is 0. The number of hydrogen-bond donors (Lipinski definition) is 1. The van der Waals surface area contributed by atoms with Crippen molar-refractivity contribution < 1.29 is 14.3 Å². The first kappa shape index (κ1) is 18.6. The molecule has 26 heavy (non-hydrogen) atoms. The molecule has 1 aromatic carbocycles. The molecule has 138 valence electrons. The second kappa shape index (κ2) is 7.19. The summed E-state index contributed by atoms with van der Waals surface area (Å²) in [6, 6.07) is 7.74. The van der Waals surface area contributed by atoms with E-state index < -0.39 is 0 Å². The van der Waals surface area contributed by atoms with E-state index in [-0.39, 0.29) is 23.7 Å². The Bertz CT molecular complexity index is 839. The topological polar surface area (TPSA) is 68.3 Å². The highest BCUT2D eigenvalue weighted by atomic mass is 32.1. The van der Waals surface area contributed by atoms with Gasteiger partial charge in [-0.2, -0.15) is 0 Å². The van der Waals surface area contributed by atoms with E-state index in [1.807, 2.05) is 24.3 Å². The van der Waals surface area contributed by atoms with Crippen molar-refractivity contribution in [3.05, 3.63) is 40.4 Å². The number of Topliss-reactive ketones (excluding diaryl/α,β-unsaturated/α-hetero) is 1. The SMILES string of the molecule is CC(C)c1cccc(OCC(=O)Nc2nc3c(s2)C(=O)CC(C)(C)C3)c1. The molecule has 0 saturated carbocycles. The van der Waals surface area contributed by atoms with E-state index in [0.717, 1.165) is 17.7 Å². The zero-order chi connectivity index (χ0) is 18.9. The number of fused-ring (bicyclic) bond motifs is 1. The van der Waals surface area contributed by atoms with Crippen LogP contribution in [-0.4, -0.2) is 23.3 Å². The zero-order valence-electron chi connectivity index (χ0n) is 15.6. The smallest absolute Gasteiger partial charge is 0.264 e. The number of hydrogen-bond acceptors (Lipinski definition) is 5. The van der Waals surface area contributed by atoms with Gasteiger partial charge in [0.2, 0.25) is 0 Å². The second-order valence-electron chi connectivity index (χ2n) is 7.80. The van der Waals surface area contributed by atoms with E-state index in [1.165, 1.54) is 11.3 Å². The lowest BCUT2D eigenvalue weighted by Crippen LogP contribution is -2.26. The number of nitrogens with one attached hydrogen (secondary N) is 1. The predicted octanol–water partition coefficient (Wildman–Crippen LogP) is 4.44. The quantitative estimate of drug-likeness (QED) is 0.842. The molecule has 0 spiro atoms. The Morgan fingerprint density at radius 3 is 2.85 bits per heavy atom. The highest BCUT2D eigenvalue weighted by molar-refractivity contribution is 7.17. The number of amides is 1. The van der Waals surface area contributed by atoms with E-state index in [9.17, 15) is 9.59 Å². The largest absolute Gasteiger partial charge is 0.484 e. The minimum absolute atomic E-state index is 0.0794. The zero-order valence-corrected chi connectivity index (χ0v) is 16.4. The lowest BCUT2D eigenvalue weighted by atomic mass is 9.78. The first-order valence-corrected chi connectivity index (χ1v) is 9.61. The summed E-state index contributed by atoms with van der Waals surface area (Å²) in [6.07, 6.45) is 1.27. The molecule has 1 N–H and O–H groups in total. The molecule has 0 atom stereocenters. The average molecular weight is 372 g/mol. The summed E-state index contributed by atoms with van der Waals surface area (Å²) in [5, 5.41) is 3.21. The molecule has 2 aromatic rings. The summed E-state index contributed by atoms with van der Waals surface area (Å²) in [4.78, 5) is 29.5. The summed E-state index contributed by atoms with van der Waals surface area (Å²) in [6.45, 7) is 8.25. The number of ether oxygens (including phenoxy) is 1. The van der Waals surface area contributed by atoms with E-state index >= 15 is 0 Å². The van der Waals surface area contributed by atoms with Gasteiger partial charge in [0.1, 0.15) is 5.75 Å². The van der Waals surface area contributed by atoms with E-state index in [2.05, 4.69) is 38.0 Å². The van der Waals surface area contributed by atoms with Gasteiger partial charge in [0.15, 0.2) is 17.5 Å². The van der Waals surface area contributed by atoms with Crippen LogP contribution in [0, 0.1) is 5.41 Å². The molecule has 1 heterocycles. The van der Waals surface area contributed by atoms with Crippen LogP contribution in [-0.2, 0) is 11.2 Å². The number of anilines is 1. The summed E-state index contributed by atoms with van der Waals surface area (Å²) < 4.78 is 5.58. The molecule has 0 fully saturated rings. The molecule has 0 bridgehead atoms. The van der Waals surface area contributed by atoms with E-state index in [4.69, 9.17) is 4.74 Å². The van der Waals surface area contributed by atoms with Crippen LogP contribution in [0.15, 0.2) is 24.3 Å². The van der Waals surface area contributed by atoms with Crippen LogP contribution in [0.5, 0.6) is 5.75 Å². The van der Waals surface area contributed by atoms with E-state index in [0.29, 0.717) is 28.1 Å². The highest BCUT2D eigenvalue weighted by Gasteiger charge is 2.34. The third-order valence-electron chi connectivity index (χ3n) is 4.38. The summed E-state index contributed by atoms with van der Waals surface area (Å²) in [5.74, 6) is 0.895. The number of nitrogens with zero attached hydrogens (tertiary/aromatic N) is 1. The maximum atomic E-state index is 12.2. The summed E-state index contributed by atoms with van der Waals surface area (Å²) >= 11 is 1.25. The number of aromatic nitrogens is 1. The molecule has 3 rings (SSSR count). The number of thiazole rings is 1. The lowest BCUT2D eigenvalue weighted by molar-refractivity contribution is -0.118. The normalized spacial score (nSPS) is 15.7. The molecule has 5 nitrogen and oxygen atoms in total. The van der Waals surface area contributed by atoms with Crippen molar-refractivity contribution in [2.75, 3.05) is 11.9 Å². The van der Waals surface area contributed by atoms with Gasteiger partial charge in [-0.25, -0.2) is 4.98 Å². The predicted molar refractivity (Wildman–Crippen MR) is 103 cm³/mol. The molecule has 1 aliphatic rings. The number of ketones is 1. The Hall–Kier alpha value is -2.21. The first-order valence-electron chi connectivity index (χ1n) is 8.79. The van der Waals surface area contributed by atoms with Crippen molar-refractivity contribution in [2.24, 2.45) is 5.41 Å². The molecule has 0 unspecified atom stereocenters. The van der Waals surface area contributed by atoms with Crippen molar-refractivity contribution in [3.63, 3.8) is 0 Å². The van der Waals surface area contributed by atoms with Crippen molar-refractivity contribution in [2.45, 2.75) is 46.5 Å². The van der Waals surface area contributed by atoms with Crippen LogP contribution < -0.4 is 10.1 Å². The van der Waals surface area contributed by atoms with Crippen LogP contribution in [0.3, 0.4) is 0 Å². The fraction of sp³-hybridized carbons (Fsp3) is 0.450. The van der Waals surface area contributed by atoms with Crippen molar-refractivity contribution >= 4 is 28.2 Å². The molecule has 1 aromatic heterocycles. The molecule has 1 amide bonds. The van der Waals surface area contributed by atoms with Gasteiger partial charge in [0.05, 0.1) is 10.6 Å². The van der Waals surface area contributed by atoms with Crippen LogP contribution in [0.25, 0.3) is 0 Å². The van der Waals surface area contributed by atoms with Gasteiger partial charge < -0.3 is 4.74 Å². The van der Waals surface area contributed by atoms with Gasteiger partial charge in [0, 0.05) is 6.42 Å². The molecular weight excluding hydrogens is 348 g/mol. The van der Waals surface area contributed by atoms with Gasteiger partial charge in [0.25, 0.3) is 5.91 Å². The Labute approximate surface area is 157 Å². The number of carbonyl (C=O) groups excluding carboxylic acids is 2. The molecule has 0 aliphatic heterocycles. The fourth-order valence-electron chi connectivity index (χ4n) is 3.04. The number of rotatable bonds is 5. The van der Waals surface area contributed by atoms with Gasteiger partial charge >= 0.3 is 0 Å². The van der Waals surface area contributed by atoms with Gasteiger partial charge in [-0.15, -0.1) is 0 Å². The lowest BCUT2D eigenvalue weighted by Gasteiger charge is -2.26. The second-order valence-corrected chi connectivity index (χ2v) is 8.80. The third-order valence-corrected chi connectivity index (χ3v) is 5.43. The molecule has 6 heteroatoms. The van der Waals surface area contributed by atoms with E-state index in [1.54, 1.807) is 0 Å². The molecule has 1 aliphatic carbocycles. The maximum absolute atomic E-state index is 12.2. The standard InChI is InChI=1S/C20H24N2O3S/c1-12(2)13-6-5-7-14(8-13)25-11-17(24)22-19-21-15-9-20(3,4)10-16(23)18(15)26-19/h5-8,12H,9-11H2,1-4H3,(H,21,22,24). The van der Waals surface area contributed by atoms with Crippen molar-refractivity contribution in [1.82, 2.24) is 4.98 Å². The van der Waals surface area contributed by atoms with Gasteiger partial charge in [-0.05, 0) is 35.4 Å². The monoisotopic (exact) mass is 372 g/mol. The van der Waals surface area contributed by atoms with Crippen LogP contribution in [0.2, 0.25) is 0 Å². The Kier molecular flexibility index (Phi) is 5.14. The van der Waals surface area contributed by atoms with Crippen molar-refractivity contribution in [1.29, 1.82) is 0 Å². The van der Waals surface area contributed by atoms with Crippen LogP contribution in [0.1, 0.15) is 61.0 Å². The number of carbonyl (C=O) groups is 2. The summed E-state index contributed by atoms with van der Waals surface area (Å²) in [5.41, 5.74) is 1.87. The average Bonchev–Trinajstić information content (AvgIpc) is 2.94. The minimum atomic E-state index is -0.280. The Morgan fingerprint density at radius 1 is 1.35 bits per heavy atom. The third kappa shape index (κ3) is 4.30. The fourth-order valence-corrected chi connectivity index (χ4v) is 3.98. The van der Waals surface area contributed by atoms with Gasteiger partial charge in [-0.3, -0.25) is 14.9 Å². The maximum Gasteiger partial charge on any atom is 0.264 e. The van der Waals surface area contributed by atoms with Gasteiger partial charge in [-0.1, -0.05) is 51.2 Å². The molecule has 0 saturated heterocycles. The minimum Gasteiger partial charge on any atom is -0.484 e. The van der Waals surface area contributed by atoms with Crippen LogP contribution in [0.4, 0.5) is 5.13 Å². The highest BCUT2D eigenvalue weighted by Crippen LogP contribution is 2.38. The molecule has 0 radical (unpaired) electrons. The molecular formula is C20H24N2O3S. The Balaban J connectivity index is 1.61. The van der Waals surface area contributed by atoms with Crippen LogP contribution >= 0.6 is 11.3 Å². The first-order chi connectivity index (χ1) is 12.2. The number of benzene rings is 1.